The van der Waals surface area contributed by atoms with E-state index in [1.807, 2.05) is 0 Å². The zero-order valence-corrected chi connectivity index (χ0v) is 12.5. The SMILES string of the molecule is Cc1nnc(S[C@@H](C)C(=O)Nc2c(F)cccc2F)n1C. The number of para-hydroxylation sites is 1. The van der Waals surface area contributed by atoms with Crippen LogP contribution in [0.25, 0.3) is 0 Å². The average Bonchev–Trinajstić information content (AvgIpc) is 2.75. The summed E-state index contributed by atoms with van der Waals surface area (Å²) in [5.74, 6) is -1.42. The largest absolute Gasteiger partial charge is 0.320 e. The third-order valence-corrected chi connectivity index (χ3v) is 4.05. The van der Waals surface area contributed by atoms with Crippen molar-refractivity contribution in [2.75, 3.05) is 5.32 Å². The molecule has 21 heavy (non-hydrogen) atoms. The summed E-state index contributed by atoms with van der Waals surface area (Å²) in [6.45, 7) is 3.42. The van der Waals surface area contributed by atoms with Crippen LogP contribution in [0.5, 0.6) is 0 Å². The number of carbonyl (C=O) groups is 1. The molecular weight excluding hydrogens is 298 g/mol. The molecule has 0 bridgehead atoms. The second kappa shape index (κ2) is 6.21. The van der Waals surface area contributed by atoms with Gasteiger partial charge in [-0.3, -0.25) is 4.79 Å². The molecule has 5 nitrogen and oxygen atoms in total. The third kappa shape index (κ3) is 3.38. The monoisotopic (exact) mass is 312 g/mol. The summed E-state index contributed by atoms with van der Waals surface area (Å²) in [5.41, 5.74) is -0.441. The summed E-state index contributed by atoms with van der Waals surface area (Å²) in [4.78, 5) is 12.0. The smallest absolute Gasteiger partial charge is 0.237 e. The van der Waals surface area contributed by atoms with Crippen LogP contribution in [0.1, 0.15) is 12.7 Å². The van der Waals surface area contributed by atoms with Gasteiger partial charge in [0, 0.05) is 7.05 Å². The van der Waals surface area contributed by atoms with Gasteiger partial charge in [0.2, 0.25) is 5.91 Å². The van der Waals surface area contributed by atoms with E-state index in [1.54, 1.807) is 25.5 Å². The molecule has 1 atom stereocenters. The maximum Gasteiger partial charge on any atom is 0.237 e. The lowest BCUT2D eigenvalue weighted by Crippen LogP contribution is -2.24. The van der Waals surface area contributed by atoms with E-state index in [0.29, 0.717) is 11.0 Å². The summed E-state index contributed by atoms with van der Waals surface area (Å²) < 4.78 is 28.7. The van der Waals surface area contributed by atoms with Gasteiger partial charge in [0.1, 0.15) is 23.1 Å². The topological polar surface area (TPSA) is 59.8 Å². The van der Waals surface area contributed by atoms with Crippen molar-refractivity contribution in [2.24, 2.45) is 7.05 Å². The zero-order chi connectivity index (χ0) is 15.6. The Balaban J connectivity index is 2.08. The van der Waals surface area contributed by atoms with E-state index in [4.69, 9.17) is 0 Å². The number of aryl methyl sites for hydroxylation is 1. The molecule has 8 heteroatoms. The molecule has 112 valence electrons. The van der Waals surface area contributed by atoms with E-state index in [9.17, 15) is 13.6 Å². The number of nitrogens with zero attached hydrogens (tertiary/aromatic N) is 3. The van der Waals surface area contributed by atoms with Crippen molar-refractivity contribution in [1.82, 2.24) is 14.8 Å². The Morgan fingerprint density at radius 2 is 1.95 bits per heavy atom. The molecule has 1 aromatic carbocycles. The van der Waals surface area contributed by atoms with E-state index in [0.717, 1.165) is 23.9 Å². The highest BCUT2D eigenvalue weighted by Crippen LogP contribution is 2.24. The number of rotatable bonds is 4. The lowest BCUT2D eigenvalue weighted by atomic mass is 10.3. The van der Waals surface area contributed by atoms with E-state index >= 15 is 0 Å². The molecule has 2 rings (SSSR count). The number of halogens is 2. The molecule has 1 heterocycles. The lowest BCUT2D eigenvalue weighted by Gasteiger charge is -2.12. The van der Waals surface area contributed by atoms with Crippen LogP contribution in [-0.4, -0.2) is 25.9 Å². The number of thioether (sulfide) groups is 1. The number of hydrogen-bond donors (Lipinski definition) is 1. The second-order valence-corrected chi connectivity index (χ2v) is 5.74. The Morgan fingerprint density at radius 3 is 2.48 bits per heavy atom. The molecule has 0 radical (unpaired) electrons. The van der Waals surface area contributed by atoms with Crippen LogP contribution in [0, 0.1) is 18.6 Å². The van der Waals surface area contributed by atoms with Gasteiger partial charge in [-0.15, -0.1) is 10.2 Å². The minimum Gasteiger partial charge on any atom is -0.320 e. The van der Waals surface area contributed by atoms with E-state index in [1.165, 1.54) is 6.07 Å². The van der Waals surface area contributed by atoms with Gasteiger partial charge in [-0.2, -0.15) is 0 Å². The number of nitrogens with one attached hydrogen (secondary N) is 1. The third-order valence-electron chi connectivity index (χ3n) is 2.91. The maximum atomic E-state index is 13.5. The van der Waals surface area contributed by atoms with E-state index < -0.39 is 28.5 Å². The van der Waals surface area contributed by atoms with E-state index in [2.05, 4.69) is 15.5 Å². The van der Waals surface area contributed by atoms with Gasteiger partial charge in [-0.05, 0) is 26.0 Å². The molecule has 0 aliphatic rings. The van der Waals surface area contributed by atoms with Crippen molar-refractivity contribution in [3.63, 3.8) is 0 Å². The summed E-state index contributed by atoms with van der Waals surface area (Å²) in [6, 6.07) is 3.41. The number of benzene rings is 1. The predicted molar refractivity (Wildman–Crippen MR) is 76.0 cm³/mol. The van der Waals surface area contributed by atoms with Crippen molar-refractivity contribution in [3.05, 3.63) is 35.7 Å². The molecule has 0 fully saturated rings. The van der Waals surface area contributed by atoms with Crippen molar-refractivity contribution >= 4 is 23.4 Å². The van der Waals surface area contributed by atoms with Crippen molar-refractivity contribution in [1.29, 1.82) is 0 Å². The lowest BCUT2D eigenvalue weighted by molar-refractivity contribution is -0.115. The molecule has 0 aliphatic carbocycles. The fourth-order valence-electron chi connectivity index (χ4n) is 1.54. The number of carbonyl (C=O) groups excluding carboxylic acids is 1. The highest BCUT2D eigenvalue weighted by molar-refractivity contribution is 8.00. The van der Waals surface area contributed by atoms with E-state index in [-0.39, 0.29) is 0 Å². The molecule has 0 aliphatic heterocycles. The second-order valence-electron chi connectivity index (χ2n) is 4.43. The Kier molecular flexibility index (Phi) is 4.56. The Bertz CT molecular complexity index is 654. The van der Waals surface area contributed by atoms with Crippen LogP contribution in [0.2, 0.25) is 0 Å². The average molecular weight is 312 g/mol. The minimum atomic E-state index is -0.810. The van der Waals surface area contributed by atoms with Gasteiger partial charge in [0.25, 0.3) is 0 Å². The standard InChI is InChI=1S/C13H14F2N4OS/c1-7(21-13-18-17-8(2)19(13)3)12(20)16-11-9(14)5-4-6-10(11)15/h4-7H,1-3H3,(H,16,20)/t7-/m0/s1. The molecule has 0 saturated heterocycles. The summed E-state index contributed by atoms with van der Waals surface area (Å²) >= 11 is 1.16. The molecule has 2 aromatic rings. The number of aromatic nitrogens is 3. The van der Waals surface area contributed by atoms with Crippen molar-refractivity contribution in [2.45, 2.75) is 24.3 Å². The predicted octanol–water partition coefficient (Wildman–Crippen LogP) is 2.52. The van der Waals surface area contributed by atoms with Crippen LogP contribution in [0.3, 0.4) is 0 Å². The Morgan fingerprint density at radius 1 is 1.33 bits per heavy atom. The van der Waals surface area contributed by atoms with Gasteiger partial charge in [0.15, 0.2) is 5.16 Å². The highest BCUT2D eigenvalue weighted by Gasteiger charge is 2.20. The Hall–Kier alpha value is -1.96. The van der Waals surface area contributed by atoms with Gasteiger partial charge >= 0.3 is 0 Å². The first-order valence-electron chi connectivity index (χ1n) is 6.17. The van der Waals surface area contributed by atoms with Gasteiger partial charge in [0.05, 0.1) is 5.25 Å². The highest BCUT2D eigenvalue weighted by atomic mass is 32.2. The molecule has 1 N–H and O–H groups in total. The minimum absolute atomic E-state index is 0.441. The first-order valence-corrected chi connectivity index (χ1v) is 7.05. The molecule has 1 amide bonds. The molecule has 0 saturated carbocycles. The fraction of sp³-hybridized carbons (Fsp3) is 0.308. The first-order chi connectivity index (χ1) is 9.90. The van der Waals surface area contributed by atoms with Crippen LogP contribution in [0.15, 0.2) is 23.4 Å². The summed E-state index contributed by atoms with van der Waals surface area (Å²) in [6.07, 6.45) is 0. The van der Waals surface area contributed by atoms with Crippen LogP contribution >= 0.6 is 11.8 Å². The van der Waals surface area contributed by atoms with Crippen molar-refractivity contribution in [3.8, 4) is 0 Å². The fourth-order valence-corrected chi connectivity index (χ4v) is 2.40. The molecule has 0 unspecified atom stereocenters. The summed E-state index contributed by atoms with van der Waals surface area (Å²) in [7, 11) is 1.78. The first kappa shape index (κ1) is 15.4. The zero-order valence-electron chi connectivity index (χ0n) is 11.7. The normalized spacial score (nSPS) is 12.2. The van der Waals surface area contributed by atoms with Gasteiger partial charge < -0.3 is 9.88 Å². The van der Waals surface area contributed by atoms with Crippen LogP contribution in [0.4, 0.5) is 14.5 Å². The van der Waals surface area contributed by atoms with Gasteiger partial charge in [-0.1, -0.05) is 17.8 Å². The van der Waals surface area contributed by atoms with Crippen LogP contribution < -0.4 is 5.32 Å². The van der Waals surface area contributed by atoms with Crippen molar-refractivity contribution < 1.29 is 13.6 Å². The number of hydrogen-bond acceptors (Lipinski definition) is 4. The summed E-state index contributed by atoms with van der Waals surface area (Å²) in [5, 5.41) is 10.0. The molecule has 0 spiro atoms. The molecular formula is C13H14F2N4OS. The molecule has 1 aromatic heterocycles. The quantitative estimate of drug-likeness (QED) is 0.881. The number of amides is 1. The Labute approximate surface area is 124 Å². The maximum absolute atomic E-state index is 13.5. The van der Waals surface area contributed by atoms with Crippen LogP contribution in [-0.2, 0) is 11.8 Å². The number of anilines is 1. The van der Waals surface area contributed by atoms with Gasteiger partial charge in [-0.25, -0.2) is 8.78 Å².